The second-order valence-corrected chi connectivity index (χ2v) is 10.2. The fraction of sp³-hybridized carbons (Fsp3) is 0.593. The molecule has 3 N–H and O–H groups in total. The summed E-state index contributed by atoms with van der Waals surface area (Å²) in [5.74, 6) is 0.381. The maximum atomic E-state index is 13.5. The number of hydrogen-bond acceptors (Lipinski definition) is 7. The van der Waals surface area contributed by atoms with E-state index >= 15 is 0 Å². The third-order valence-corrected chi connectivity index (χ3v) is 7.16. The molecule has 1 aliphatic heterocycles. The molecule has 1 saturated heterocycles. The Morgan fingerprint density at radius 2 is 1.84 bits per heavy atom. The maximum absolute atomic E-state index is 13.5. The number of pyridine rings is 1. The molecular weight excluding hydrogens is 481 g/mol. The van der Waals surface area contributed by atoms with Gasteiger partial charge in [-0.05, 0) is 63.6 Å². The predicted molar refractivity (Wildman–Crippen MR) is 140 cm³/mol. The van der Waals surface area contributed by atoms with Gasteiger partial charge < -0.3 is 20.6 Å². The van der Waals surface area contributed by atoms with Gasteiger partial charge in [-0.1, -0.05) is 31.1 Å². The van der Waals surface area contributed by atoms with Crippen LogP contribution in [-0.4, -0.2) is 69.5 Å². The third-order valence-electron chi connectivity index (χ3n) is 7.16. The average Bonchev–Trinajstić information content (AvgIpc) is 2.87. The van der Waals surface area contributed by atoms with Gasteiger partial charge in [0.25, 0.3) is 0 Å². The molecule has 0 bridgehead atoms. The summed E-state index contributed by atoms with van der Waals surface area (Å²) in [6.07, 6.45) is 6.09. The highest BCUT2D eigenvalue weighted by molar-refractivity contribution is 5.73. The van der Waals surface area contributed by atoms with Gasteiger partial charge in [-0.15, -0.1) is 0 Å². The van der Waals surface area contributed by atoms with Crippen molar-refractivity contribution in [3.63, 3.8) is 0 Å². The summed E-state index contributed by atoms with van der Waals surface area (Å²) in [6.45, 7) is 3.82. The first kappa shape index (κ1) is 27.3. The second-order valence-electron chi connectivity index (χ2n) is 10.2. The number of aliphatic hydroxyl groups is 1. The summed E-state index contributed by atoms with van der Waals surface area (Å²) >= 11 is 0. The van der Waals surface area contributed by atoms with Crippen molar-refractivity contribution < 1.29 is 18.3 Å². The molecular formula is C27H37F3N6O. The first-order valence-corrected chi connectivity index (χ1v) is 13.2. The number of anilines is 2. The Hall–Kier alpha value is -2.72. The summed E-state index contributed by atoms with van der Waals surface area (Å²) in [4.78, 5) is 15.6. The quantitative estimate of drug-likeness (QED) is 0.425. The van der Waals surface area contributed by atoms with Gasteiger partial charge in [0.05, 0.1) is 17.4 Å². The van der Waals surface area contributed by atoms with Crippen LogP contribution in [0, 0.1) is 0 Å². The van der Waals surface area contributed by atoms with Gasteiger partial charge >= 0.3 is 6.18 Å². The molecule has 37 heavy (non-hydrogen) atoms. The molecule has 2 fully saturated rings. The molecule has 0 amide bonds. The van der Waals surface area contributed by atoms with Crippen molar-refractivity contribution in [2.24, 2.45) is 0 Å². The highest BCUT2D eigenvalue weighted by Crippen LogP contribution is 2.31. The maximum Gasteiger partial charge on any atom is 0.408 e. The molecule has 1 saturated carbocycles. The predicted octanol–water partition coefficient (Wildman–Crippen LogP) is 5.51. The Kier molecular flexibility index (Phi) is 9.02. The molecule has 202 valence electrons. The number of nitrogens with zero attached hydrogens (tertiary/aromatic N) is 4. The Morgan fingerprint density at radius 1 is 1.11 bits per heavy atom. The van der Waals surface area contributed by atoms with Gasteiger partial charge in [0.2, 0.25) is 5.95 Å². The summed E-state index contributed by atoms with van der Waals surface area (Å²) in [5, 5.41) is 15.7. The van der Waals surface area contributed by atoms with E-state index in [4.69, 9.17) is 0 Å². The minimum Gasteiger partial charge on any atom is -0.393 e. The number of piperidine rings is 1. The van der Waals surface area contributed by atoms with Crippen LogP contribution in [0.2, 0.25) is 0 Å². The third kappa shape index (κ3) is 7.64. The molecule has 1 unspecified atom stereocenters. The van der Waals surface area contributed by atoms with Crippen molar-refractivity contribution >= 4 is 17.8 Å². The van der Waals surface area contributed by atoms with E-state index in [-0.39, 0.29) is 24.5 Å². The first-order valence-electron chi connectivity index (χ1n) is 13.2. The van der Waals surface area contributed by atoms with Crippen LogP contribution in [0.5, 0.6) is 0 Å². The Balaban J connectivity index is 1.58. The molecule has 2 aromatic rings. The number of aromatic nitrogens is 3. The van der Waals surface area contributed by atoms with E-state index in [0.29, 0.717) is 36.3 Å². The molecule has 2 aromatic heterocycles. The summed E-state index contributed by atoms with van der Waals surface area (Å²) in [6, 6.07) is 2.25. The molecule has 1 atom stereocenters. The molecule has 2 aliphatic rings. The van der Waals surface area contributed by atoms with Crippen LogP contribution in [0.3, 0.4) is 0 Å². The van der Waals surface area contributed by atoms with E-state index in [9.17, 15) is 18.3 Å². The van der Waals surface area contributed by atoms with Crippen molar-refractivity contribution in [3.05, 3.63) is 35.7 Å². The normalized spacial score (nSPS) is 21.9. The highest BCUT2D eigenvalue weighted by Gasteiger charge is 2.39. The van der Waals surface area contributed by atoms with E-state index < -0.39 is 12.2 Å². The van der Waals surface area contributed by atoms with Crippen molar-refractivity contribution in [2.75, 3.05) is 30.8 Å². The first-order chi connectivity index (χ1) is 17.7. The van der Waals surface area contributed by atoms with Crippen molar-refractivity contribution in [1.82, 2.24) is 19.9 Å². The fourth-order valence-corrected chi connectivity index (χ4v) is 4.86. The summed E-state index contributed by atoms with van der Waals surface area (Å²) < 4.78 is 40.5. The van der Waals surface area contributed by atoms with Gasteiger partial charge in [-0.2, -0.15) is 18.2 Å². The van der Waals surface area contributed by atoms with Crippen LogP contribution < -0.4 is 10.6 Å². The minimum absolute atomic E-state index is 0.0624. The fourth-order valence-electron chi connectivity index (χ4n) is 4.86. The zero-order chi connectivity index (χ0) is 26.4. The monoisotopic (exact) mass is 518 g/mol. The topological polar surface area (TPSA) is 86.2 Å². The summed E-state index contributed by atoms with van der Waals surface area (Å²) in [7, 11) is 2.13. The number of hydrogen-bond donors (Lipinski definition) is 3. The van der Waals surface area contributed by atoms with E-state index in [1.807, 2.05) is 18.3 Å². The number of alkyl halides is 3. The Bertz CT molecular complexity index is 1040. The standard InChI is InChI=1S/C27H37F3N6O/c1-3-4-24(27(28,29)30)34-26-32-17-22(25(35-26)33-20-6-8-21(37)9-7-20)23-10-5-19(16-31-23)15-18-11-13-36(2)14-12-18/h5,10,15-17,20-21,24,37H,3-4,6-9,11-14H2,1-2H3,(H2,32,33,34,35). The van der Waals surface area contributed by atoms with Gasteiger partial charge in [0, 0.05) is 31.5 Å². The molecule has 10 heteroatoms. The Labute approximate surface area is 216 Å². The van der Waals surface area contributed by atoms with Crippen LogP contribution >= 0.6 is 0 Å². The van der Waals surface area contributed by atoms with E-state index in [0.717, 1.165) is 44.3 Å². The highest BCUT2D eigenvalue weighted by atomic mass is 19.4. The molecule has 3 heterocycles. The molecule has 0 aromatic carbocycles. The number of rotatable bonds is 8. The van der Waals surface area contributed by atoms with E-state index in [2.05, 4.69) is 43.6 Å². The van der Waals surface area contributed by atoms with Gasteiger partial charge in [-0.3, -0.25) is 4.98 Å². The van der Waals surface area contributed by atoms with Crippen LogP contribution in [0.25, 0.3) is 17.3 Å². The number of aliphatic hydroxyl groups excluding tert-OH is 1. The average molecular weight is 519 g/mol. The van der Waals surface area contributed by atoms with Crippen molar-refractivity contribution in [3.8, 4) is 11.3 Å². The SMILES string of the molecule is CCCC(Nc1ncc(-c2ccc(C=C3CCN(C)CC3)cn2)c(NC2CCC(O)CC2)n1)C(F)(F)F. The molecule has 4 rings (SSSR count). The molecule has 1 aliphatic carbocycles. The van der Waals surface area contributed by atoms with Crippen molar-refractivity contribution in [2.45, 2.75) is 82.7 Å². The summed E-state index contributed by atoms with van der Waals surface area (Å²) in [5.41, 5.74) is 3.70. The molecule has 0 radical (unpaired) electrons. The Morgan fingerprint density at radius 3 is 2.46 bits per heavy atom. The lowest BCUT2D eigenvalue weighted by Crippen LogP contribution is -2.36. The van der Waals surface area contributed by atoms with E-state index in [1.165, 1.54) is 11.8 Å². The zero-order valence-electron chi connectivity index (χ0n) is 21.6. The number of likely N-dealkylation sites (tertiary alicyclic amines) is 1. The van der Waals surface area contributed by atoms with Crippen molar-refractivity contribution in [1.29, 1.82) is 0 Å². The molecule has 0 spiro atoms. The second kappa shape index (κ2) is 12.2. The van der Waals surface area contributed by atoms with Crippen LogP contribution in [0.1, 0.15) is 63.9 Å². The zero-order valence-corrected chi connectivity index (χ0v) is 21.6. The smallest absolute Gasteiger partial charge is 0.393 e. The lowest BCUT2D eigenvalue weighted by atomic mass is 9.93. The number of halogens is 3. The van der Waals surface area contributed by atoms with Gasteiger partial charge in [0.1, 0.15) is 11.9 Å². The van der Waals surface area contributed by atoms with Crippen LogP contribution in [0.4, 0.5) is 24.9 Å². The van der Waals surface area contributed by atoms with Crippen LogP contribution in [-0.2, 0) is 0 Å². The van der Waals surface area contributed by atoms with E-state index in [1.54, 1.807) is 6.92 Å². The molecule has 7 nitrogen and oxygen atoms in total. The van der Waals surface area contributed by atoms with Crippen LogP contribution in [0.15, 0.2) is 30.1 Å². The van der Waals surface area contributed by atoms with Gasteiger partial charge in [-0.25, -0.2) is 4.98 Å². The minimum atomic E-state index is -4.40. The lowest BCUT2D eigenvalue weighted by Gasteiger charge is -2.27. The lowest BCUT2D eigenvalue weighted by molar-refractivity contribution is -0.143. The van der Waals surface area contributed by atoms with Gasteiger partial charge in [0.15, 0.2) is 0 Å². The largest absolute Gasteiger partial charge is 0.408 e. The number of nitrogens with one attached hydrogen (secondary N) is 2.